The summed E-state index contributed by atoms with van der Waals surface area (Å²) in [4.78, 5) is 25.3. The molecule has 1 atom stereocenters. The molecule has 0 aromatic rings. The molecule has 108 valence electrons. The van der Waals surface area contributed by atoms with Gasteiger partial charge in [-0.2, -0.15) is 0 Å². The van der Waals surface area contributed by atoms with Crippen molar-refractivity contribution in [1.29, 1.82) is 0 Å². The molecule has 4 nitrogen and oxygen atoms in total. The van der Waals surface area contributed by atoms with Gasteiger partial charge in [0.1, 0.15) is 5.60 Å². The zero-order chi connectivity index (χ0) is 14.6. The predicted octanol–water partition coefficient (Wildman–Crippen LogP) is 2.68. The molecule has 0 saturated carbocycles. The average Bonchev–Trinajstić information content (AvgIpc) is 2.72. The molecule has 0 aromatic heterocycles. The Bertz CT molecular complexity index is 368. The van der Waals surface area contributed by atoms with E-state index in [1.165, 1.54) is 0 Å². The molecule has 19 heavy (non-hydrogen) atoms. The smallest absolute Gasteiger partial charge is 0.223 e. The maximum atomic E-state index is 12.1. The van der Waals surface area contributed by atoms with Crippen LogP contribution in [0.3, 0.4) is 0 Å². The van der Waals surface area contributed by atoms with Gasteiger partial charge in [0.15, 0.2) is 5.78 Å². The molecule has 0 aliphatic carbocycles. The van der Waals surface area contributed by atoms with Gasteiger partial charge in [-0.3, -0.25) is 9.59 Å². The average molecular weight is 267 g/mol. The van der Waals surface area contributed by atoms with E-state index in [1.54, 1.807) is 11.8 Å². The molecule has 4 heteroatoms. The lowest BCUT2D eigenvalue weighted by atomic mass is 10.1. The summed E-state index contributed by atoms with van der Waals surface area (Å²) >= 11 is 0. The first-order chi connectivity index (χ1) is 8.70. The first-order valence-corrected chi connectivity index (χ1v) is 6.87. The van der Waals surface area contributed by atoms with Gasteiger partial charge in [0.05, 0.1) is 11.8 Å². The number of Topliss-reactive ketones (excluding diaryl/α,β-unsaturated/α-hetero) is 1. The van der Waals surface area contributed by atoms with Crippen LogP contribution in [0.1, 0.15) is 53.4 Å². The van der Waals surface area contributed by atoms with Crippen LogP contribution in [-0.2, 0) is 14.3 Å². The third-order valence-corrected chi connectivity index (χ3v) is 3.11. The van der Waals surface area contributed by atoms with E-state index in [-0.39, 0.29) is 23.3 Å². The zero-order valence-corrected chi connectivity index (χ0v) is 12.5. The molecule has 0 aromatic carbocycles. The fourth-order valence-corrected chi connectivity index (χ4v) is 2.36. The van der Waals surface area contributed by atoms with Gasteiger partial charge in [-0.25, -0.2) is 0 Å². The molecule has 1 aliphatic rings. The number of likely N-dealkylation sites (tertiary alicyclic amines) is 1. The molecule has 1 saturated heterocycles. The third-order valence-electron chi connectivity index (χ3n) is 3.11. The summed E-state index contributed by atoms with van der Waals surface area (Å²) in [7, 11) is 0. The largest absolute Gasteiger partial charge is 0.493 e. The molecule has 0 bridgehead atoms. The summed E-state index contributed by atoms with van der Waals surface area (Å²) in [5.41, 5.74) is -0.282. The number of carbonyl (C=O) groups is 2. The molecule has 1 unspecified atom stereocenters. The van der Waals surface area contributed by atoms with Crippen LogP contribution in [0.25, 0.3) is 0 Å². The van der Waals surface area contributed by atoms with E-state index in [0.29, 0.717) is 25.1 Å². The number of ketones is 1. The normalized spacial score (nSPS) is 19.4. The molecule has 1 rings (SSSR count). The lowest BCUT2D eigenvalue weighted by molar-refractivity contribution is -0.137. The van der Waals surface area contributed by atoms with Crippen LogP contribution in [0.5, 0.6) is 0 Å². The predicted molar refractivity (Wildman–Crippen MR) is 74.6 cm³/mol. The Morgan fingerprint density at radius 2 is 1.95 bits per heavy atom. The molecule has 1 amide bonds. The highest BCUT2D eigenvalue weighted by Gasteiger charge is 2.31. The lowest BCUT2D eigenvalue weighted by Gasteiger charge is -2.25. The minimum Gasteiger partial charge on any atom is -0.493 e. The molecule has 1 aliphatic heterocycles. The molecule has 1 heterocycles. The fraction of sp³-hybridized carbons (Fsp3) is 0.733. The monoisotopic (exact) mass is 267 g/mol. The van der Waals surface area contributed by atoms with Crippen LogP contribution >= 0.6 is 0 Å². The second-order valence-corrected chi connectivity index (χ2v) is 6.11. The van der Waals surface area contributed by atoms with Crippen molar-refractivity contribution in [2.45, 2.75) is 65.0 Å². The minimum atomic E-state index is -0.282. The Morgan fingerprint density at radius 1 is 1.32 bits per heavy atom. The second-order valence-electron chi connectivity index (χ2n) is 6.11. The number of ether oxygens (including phenoxy) is 1. The summed E-state index contributed by atoms with van der Waals surface area (Å²) in [6.07, 6.45) is 2.58. The molecule has 0 radical (unpaired) electrons. The number of amides is 1. The van der Waals surface area contributed by atoms with Crippen molar-refractivity contribution in [2.24, 2.45) is 0 Å². The number of hydrogen-bond donors (Lipinski definition) is 0. The first kappa shape index (κ1) is 15.7. The summed E-state index contributed by atoms with van der Waals surface area (Å²) in [5.74, 6) is 0.728. The van der Waals surface area contributed by atoms with Gasteiger partial charge in [-0.05, 0) is 40.5 Å². The van der Waals surface area contributed by atoms with Crippen LogP contribution < -0.4 is 0 Å². The van der Waals surface area contributed by atoms with Gasteiger partial charge in [0.25, 0.3) is 0 Å². The van der Waals surface area contributed by atoms with Crippen molar-refractivity contribution in [3.8, 4) is 0 Å². The molecule has 0 N–H and O–H groups in total. The number of rotatable bonds is 5. The fourth-order valence-electron chi connectivity index (χ4n) is 2.36. The van der Waals surface area contributed by atoms with Crippen molar-refractivity contribution in [3.63, 3.8) is 0 Å². The van der Waals surface area contributed by atoms with Crippen molar-refractivity contribution in [2.75, 3.05) is 6.54 Å². The van der Waals surface area contributed by atoms with Crippen LogP contribution in [0.4, 0.5) is 0 Å². The van der Waals surface area contributed by atoms with Crippen LogP contribution in [0.2, 0.25) is 0 Å². The van der Waals surface area contributed by atoms with Crippen molar-refractivity contribution < 1.29 is 14.3 Å². The summed E-state index contributed by atoms with van der Waals surface area (Å²) in [5, 5.41) is 0. The number of allylic oxidation sites excluding steroid dienone is 1. The Labute approximate surface area is 115 Å². The summed E-state index contributed by atoms with van der Waals surface area (Å²) < 4.78 is 5.59. The lowest BCUT2D eigenvalue weighted by Crippen LogP contribution is -2.39. The topological polar surface area (TPSA) is 46.6 Å². The van der Waals surface area contributed by atoms with E-state index in [2.05, 4.69) is 6.58 Å². The van der Waals surface area contributed by atoms with Gasteiger partial charge in [-0.15, -0.1) is 0 Å². The van der Waals surface area contributed by atoms with E-state index in [0.717, 1.165) is 12.8 Å². The van der Waals surface area contributed by atoms with Crippen LogP contribution in [0, 0.1) is 0 Å². The highest BCUT2D eigenvalue weighted by atomic mass is 16.5. The number of nitrogens with zero attached hydrogens (tertiary/aromatic N) is 1. The van der Waals surface area contributed by atoms with E-state index in [4.69, 9.17) is 4.74 Å². The van der Waals surface area contributed by atoms with E-state index in [9.17, 15) is 9.59 Å². The second kappa shape index (κ2) is 6.22. The Kier molecular flexibility index (Phi) is 5.15. The maximum absolute atomic E-state index is 12.1. The Hall–Kier alpha value is -1.32. The number of hydrogen-bond acceptors (Lipinski definition) is 3. The maximum Gasteiger partial charge on any atom is 0.223 e. The quantitative estimate of drug-likeness (QED) is 0.719. The van der Waals surface area contributed by atoms with E-state index in [1.807, 2.05) is 20.8 Å². The summed E-state index contributed by atoms with van der Waals surface area (Å²) in [6.45, 7) is 11.9. The molecular formula is C15H25NO3. The van der Waals surface area contributed by atoms with Gasteiger partial charge in [0, 0.05) is 19.4 Å². The van der Waals surface area contributed by atoms with Crippen LogP contribution in [0.15, 0.2) is 12.3 Å². The van der Waals surface area contributed by atoms with Gasteiger partial charge in [-0.1, -0.05) is 6.58 Å². The highest BCUT2D eigenvalue weighted by Crippen LogP contribution is 2.21. The van der Waals surface area contributed by atoms with Crippen LogP contribution in [-0.4, -0.2) is 34.8 Å². The van der Waals surface area contributed by atoms with E-state index < -0.39 is 0 Å². The Balaban J connectivity index is 2.43. The third kappa shape index (κ3) is 5.05. The van der Waals surface area contributed by atoms with E-state index >= 15 is 0 Å². The molecule has 0 spiro atoms. The number of carbonyl (C=O) groups excluding carboxylic acids is 2. The standard InChI is InChI=1S/C15H25NO3/c1-11(19-15(3,4)5)8-9-14(18)16-10-6-7-13(16)12(2)17/h13H,1,6-10H2,2-5H3. The first-order valence-electron chi connectivity index (χ1n) is 6.87. The SMILES string of the molecule is C=C(CCC(=O)N1CCCC1C(C)=O)OC(C)(C)C. The highest BCUT2D eigenvalue weighted by molar-refractivity contribution is 5.88. The molecular weight excluding hydrogens is 242 g/mol. The van der Waals surface area contributed by atoms with Crippen molar-refractivity contribution in [1.82, 2.24) is 4.90 Å². The van der Waals surface area contributed by atoms with Gasteiger partial charge in [0.2, 0.25) is 5.91 Å². The summed E-state index contributed by atoms with van der Waals surface area (Å²) in [6, 6.07) is -0.218. The van der Waals surface area contributed by atoms with Crippen molar-refractivity contribution in [3.05, 3.63) is 12.3 Å². The zero-order valence-electron chi connectivity index (χ0n) is 12.5. The molecule has 1 fully saturated rings. The van der Waals surface area contributed by atoms with Gasteiger partial charge < -0.3 is 9.64 Å². The Morgan fingerprint density at radius 3 is 2.47 bits per heavy atom. The van der Waals surface area contributed by atoms with Gasteiger partial charge >= 0.3 is 0 Å². The van der Waals surface area contributed by atoms with Crippen molar-refractivity contribution >= 4 is 11.7 Å². The minimum absolute atomic E-state index is 0.0244.